The highest BCUT2D eigenvalue weighted by Gasteiger charge is 2.34. The smallest absolute Gasteiger partial charge is 0.227 e. The molecule has 0 N–H and O–H groups in total. The number of unbranched alkanes of at least 4 members (excludes halogenated alkanes) is 1. The number of para-hydroxylation sites is 2. The normalized spacial score (nSPS) is 15.9. The minimum atomic E-state index is 0.0439. The van der Waals surface area contributed by atoms with Crippen molar-refractivity contribution in [2.24, 2.45) is 0 Å². The van der Waals surface area contributed by atoms with Gasteiger partial charge in [0.05, 0.1) is 17.6 Å². The van der Waals surface area contributed by atoms with E-state index >= 15 is 0 Å². The number of carbonyl (C=O) groups excluding carboxylic acids is 1. The maximum absolute atomic E-state index is 12.9. The van der Waals surface area contributed by atoms with Gasteiger partial charge in [0.1, 0.15) is 11.6 Å². The Bertz CT molecular complexity index is 1320. The molecule has 1 aromatic heterocycles. The number of hydrogen-bond acceptors (Lipinski definition) is 3. The second-order valence-corrected chi connectivity index (χ2v) is 9.30. The first-order valence-electron chi connectivity index (χ1n) is 11.8. The lowest BCUT2D eigenvalue weighted by atomic mass is 10.1. The lowest BCUT2D eigenvalue weighted by Gasteiger charge is -2.18. The number of anilines is 1. The van der Waals surface area contributed by atoms with Crippen LogP contribution in [0.1, 0.15) is 36.6 Å². The third kappa shape index (κ3) is 4.80. The summed E-state index contributed by atoms with van der Waals surface area (Å²) >= 11 is 6.17. The number of nitrogens with zero attached hydrogens (tertiary/aromatic N) is 3. The standard InChI is InChI=1S/C28H28ClN3O2/c1-20-8-6-11-24(16-20)34-15-5-4-14-31-26-13-3-2-12-25(26)30-28(31)21-17-27(33)32(19-21)23-10-7-9-22(29)18-23/h2-3,6-13,16,18,21H,4-5,14-15,17,19H2,1H3/t21-/m0/s1. The van der Waals surface area contributed by atoms with Crippen LogP contribution >= 0.6 is 11.6 Å². The molecule has 3 aromatic carbocycles. The number of carbonyl (C=O) groups is 1. The summed E-state index contributed by atoms with van der Waals surface area (Å²) in [6, 6.07) is 23.8. The second-order valence-electron chi connectivity index (χ2n) is 8.87. The van der Waals surface area contributed by atoms with Crippen molar-refractivity contribution in [1.82, 2.24) is 9.55 Å². The first kappa shape index (κ1) is 22.5. The average Bonchev–Trinajstić information content (AvgIpc) is 3.39. The Morgan fingerprint density at radius 1 is 1.03 bits per heavy atom. The number of aromatic nitrogens is 2. The van der Waals surface area contributed by atoms with Gasteiger partial charge in [0.25, 0.3) is 0 Å². The average molecular weight is 474 g/mol. The molecule has 0 radical (unpaired) electrons. The monoisotopic (exact) mass is 473 g/mol. The molecule has 1 aliphatic rings. The molecular formula is C28H28ClN3O2. The Hall–Kier alpha value is -3.31. The third-order valence-corrected chi connectivity index (χ3v) is 6.56. The summed E-state index contributed by atoms with van der Waals surface area (Å²) in [6.45, 7) is 4.20. The highest BCUT2D eigenvalue weighted by Crippen LogP contribution is 2.34. The van der Waals surface area contributed by atoms with E-state index in [0.29, 0.717) is 24.6 Å². The maximum Gasteiger partial charge on any atom is 0.227 e. The predicted octanol–water partition coefficient (Wildman–Crippen LogP) is 6.38. The SMILES string of the molecule is Cc1cccc(OCCCCn2c([C@H]3CC(=O)N(c4cccc(Cl)c4)C3)nc3ccccc32)c1. The van der Waals surface area contributed by atoms with E-state index in [1.807, 2.05) is 59.5 Å². The molecule has 1 aliphatic heterocycles. The number of halogens is 1. The minimum Gasteiger partial charge on any atom is -0.494 e. The van der Waals surface area contributed by atoms with Crippen LogP contribution in [0, 0.1) is 6.92 Å². The number of aryl methyl sites for hydroxylation is 2. The van der Waals surface area contributed by atoms with Crippen LogP contribution in [0.4, 0.5) is 5.69 Å². The van der Waals surface area contributed by atoms with E-state index < -0.39 is 0 Å². The Balaban J connectivity index is 1.30. The molecule has 1 fully saturated rings. The number of fused-ring (bicyclic) bond motifs is 1. The largest absolute Gasteiger partial charge is 0.494 e. The Kier molecular flexibility index (Phi) is 6.54. The van der Waals surface area contributed by atoms with E-state index in [1.165, 1.54) is 5.56 Å². The molecule has 1 saturated heterocycles. The quantitative estimate of drug-likeness (QED) is 0.279. The van der Waals surface area contributed by atoms with Crippen LogP contribution in [0.2, 0.25) is 5.02 Å². The van der Waals surface area contributed by atoms with Gasteiger partial charge in [0, 0.05) is 36.1 Å². The summed E-state index contributed by atoms with van der Waals surface area (Å²) in [6.07, 6.45) is 2.36. The number of hydrogen-bond donors (Lipinski definition) is 0. The van der Waals surface area contributed by atoms with Gasteiger partial charge in [0.15, 0.2) is 0 Å². The van der Waals surface area contributed by atoms with Crippen LogP contribution < -0.4 is 9.64 Å². The molecule has 5 rings (SSSR count). The number of rotatable bonds is 8. The minimum absolute atomic E-state index is 0.0439. The molecule has 4 aromatic rings. The molecule has 0 saturated carbocycles. The molecule has 0 spiro atoms. The van der Waals surface area contributed by atoms with Crippen LogP contribution in [0.15, 0.2) is 72.8 Å². The first-order valence-corrected chi connectivity index (χ1v) is 12.2. The maximum atomic E-state index is 12.9. The molecule has 1 amide bonds. The van der Waals surface area contributed by atoms with Gasteiger partial charge >= 0.3 is 0 Å². The number of imidazole rings is 1. The number of ether oxygens (including phenoxy) is 1. The van der Waals surface area contributed by atoms with Crippen LogP contribution in [-0.4, -0.2) is 28.6 Å². The highest BCUT2D eigenvalue weighted by molar-refractivity contribution is 6.30. The summed E-state index contributed by atoms with van der Waals surface area (Å²) in [5.74, 6) is 2.05. The van der Waals surface area contributed by atoms with Gasteiger partial charge in [0.2, 0.25) is 5.91 Å². The topological polar surface area (TPSA) is 47.4 Å². The highest BCUT2D eigenvalue weighted by atomic mass is 35.5. The molecule has 34 heavy (non-hydrogen) atoms. The fraction of sp³-hybridized carbons (Fsp3) is 0.286. The van der Waals surface area contributed by atoms with E-state index in [2.05, 4.69) is 29.7 Å². The molecule has 1 atom stereocenters. The van der Waals surface area contributed by atoms with Gasteiger partial charge in [-0.25, -0.2) is 4.98 Å². The van der Waals surface area contributed by atoms with Crippen molar-refractivity contribution < 1.29 is 9.53 Å². The van der Waals surface area contributed by atoms with Crippen LogP contribution in [0.5, 0.6) is 5.75 Å². The van der Waals surface area contributed by atoms with Crippen LogP contribution in [0.25, 0.3) is 11.0 Å². The lowest BCUT2D eigenvalue weighted by molar-refractivity contribution is -0.117. The van der Waals surface area contributed by atoms with Gasteiger partial charge in [-0.15, -0.1) is 0 Å². The molecular weight excluding hydrogens is 446 g/mol. The van der Waals surface area contributed by atoms with Crippen LogP contribution in [-0.2, 0) is 11.3 Å². The van der Waals surface area contributed by atoms with Crippen molar-refractivity contribution in [3.8, 4) is 5.75 Å². The van der Waals surface area contributed by atoms with E-state index in [0.717, 1.165) is 47.7 Å². The molecule has 5 nitrogen and oxygen atoms in total. The Morgan fingerprint density at radius 2 is 1.88 bits per heavy atom. The summed E-state index contributed by atoms with van der Waals surface area (Å²) in [4.78, 5) is 19.7. The summed E-state index contributed by atoms with van der Waals surface area (Å²) in [5, 5.41) is 0.633. The van der Waals surface area contributed by atoms with Crippen molar-refractivity contribution >= 4 is 34.2 Å². The zero-order chi connectivity index (χ0) is 23.5. The Labute approximate surface area is 204 Å². The molecule has 6 heteroatoms. The molecule has 0 unspecified atom stereocenters. The van der Waals surface area contributed by atoms with E-state index in [1.54, 1.807) is 0 Å². The van der Waals surface area contributed by atoms with Crippen molar-refractivity contribution in [1.29, 1.82) is 0 Å². The molecule has 0 aliphatic carbocycles. The van der Waals surface area contributed by atoms with Gasteiger partial charge in [-0.1, -0.05) is 41.9 Å². The van der Waals surface area contributed by atoms with Gasteiger partial charge in [-0.05, 0) is 67.8 Å². The zero-order valence-corrected chi connectivity index (χ0v) is 20.0. The fourth-order valence-electron chi connectivity index (χ4n) is 4.68. The summed E-state index contributed by atoms with van der Waals surface area (Å²) in [7, 11) is 0. The Morgan fingerprint density at radius 3 is 2.74 bits per heavy atom. The van der Waals surface area contributed by atoms with E-state index in [-0.39, 0.29) is 11.8 Å². The van der Waals surface area contributed by atoms with Gasteiger partial charge in [-0.2, -0.15) is 0 Å². The van der Waals surface area contributed by atoms with Gasteiger partial charge in [-0.3, -0.25) is 4.79 Å². The van der Waals surface area contributed by atoms with Crippen molar-refractivity contribution in [2.75, 3.05) is 18.1 Å². The van der Waals surface area contributed by atoms with Crippen molar-refractivity contribution in [3.05, 3.63) is 89.2 Å². The molecule has 0 bridgehead atoms. The van der Waals surface area contributed by atoms with Crippen molar-refractivity contribution in [3.63, 3.8) is 0 Å². The van der Waals surface area contributed by atoms with Gasteiger partial charge < -0.3 is 14.2 Å². The molecule has 174 valence electrons. The second kappa shape index (κ2) is 9.90. The van der Waals surface area contributed by atoms with Crippen molar-refractivity contribution in [2.45, 2.75) is 38.6 Å². The number of benzene rings is 3. The zero-order valence-electron chi connectivity index (χ0n) is 19.3. The summed E-state index contributed by atoms with van der Waals surface area (Å²) in [5.41, 5.74) is 4.13. The number of amides is 1. The third-order valence-electron chi connectivity index (χ3n) is 6.33. The van der Waals surface area contributed by atoms with E-state index in [9.17, 15) is 4.79 Å². The fourth-order valence-corrected chi connectivity index (χ4v) is 4.87. The van der Waals surface area contributed by atoms with Crippen LogP contribution in [0.3, 0.4) is 0 Å². The first-order chi connectivity index (χ1) is 16.6. The summed E-state index contributed by atoms with van der Waals surface area (Å²) < 4.78 is 8.22. The van der Waals surface area contributed by atoms with E-state index in [4.69, 9.17) is 21.3 Å². The predicted molar refractivity (Wildman–Crippen MR) is 137 cm³/mol. The molecule has 2 heterocycles. The lowest BCUT2D eigenvalue weighted by Crippen LogP contribution is -2.24.